The largest absolute Gasteiger partial charge is 0.461 e. The molecule has 26 heavy (non-hydrogen) atoms. The van der Waals surface area contributed by atoms with E-state index in [1.165, 1.54) is 16.0 Å². The molecule has 0 saturated heterocycles. The van der Waals surface area contributed by atoms with Gasteiger partial charge in [-0.25, -0.2) is 0 Å². The van der Waals surface area contributed by atoms with Crippen molar-refractivity contribution in [3.05, 3.63) is 65.1 Å². The van der Waals surface area contributed by atoms with E-state index >= 15 is 0 Å². The molecule has 0 bridgehead atoms. The van der Waals surface area contributed by atoms with Crippen LogP contribution in [0.15, 0.2) is 59.2 Å². The monoisotopic (exact) mass is 367 g/mol. The summed E-state index contributed by atoms with van der Waals surface area (Å²) in [6.45, 7) is 5.70. The Morgan fingerprint density at radius 2 is 2.04 bits per heavy atom. The molecule has 4 rings (SSSR count). The zero-order valence-electron chi connectivity index (χ0n) is 14.9. The Morgan fingerprint density at radius 1 is 1.19 bits per heavy atom. The minimum Gasteiger partial charge on any atom is -0.461 e. The molecule has 2 aromatic heterocycles. The summed E-state index contributed by atoms with van der Waals surface area (Å²) in [6.07, 6.45) is 5.09. The summed E-state index contributed by atoms with van der Waals surface area (Å²) in [4.78, 5) is 1.47. The van der Waals surface area contributed by atoms with Gasteiger partial charge in [0, 0.05) is 13.0 Å². The molecule has 0 spiro atoms. The second kappa shape index (κ2) is 7.43. The molecule has 0 saturated carbocycles. The summed E-state index contributed by atoms with van der Waals surface area (Å²) in [5.74, 6) is 1.57. The van der Waals surface area contributed by atoms with Gasteiger partial charge in [-0.15, -0.1) is 5.10 Å². The Hall–Kier alpha value is -2.44. The molecule has 134 valence electrons. The fraction of sp³-hybridized carbons (Fsp3) is 0.300. The lowest BCUT2D eigenvalue weighted by Crippen LogP contribution is -3.11. The third-order valence-electron chi connectivity index (χ3n) is 4.88. The van der Waals surface area contributed by atoms with Crippen molar-refractivity contribution < 1.29 is 9.32 Å². The van der Waals surface area contributed by atoms with E-state index in [4.69, 9.17) is 21.7 Å². The van der Waals surface area contributed by atoms with E-state index in [1.807, 2.05) is 21.4 Å². The van der Waals surface area contributed by atoms with Crippen molar-refractivity contribution in [2.75, 3.05) is 13.1 Å². The molecule has 0 aliphatic carbocycles. The number of quaternary nitrogens is 1. The van der Waals surface area contributed by atoms with Crippen LogP contribution in [0.1, 0.15) is 18.9 Å². The first-order valence-corrected chi connectivity index (χ1v) is 9.46. The Kier molecular flexibility index (Phi) is 4.86. The van der Waals surface area contributed by atoms with Crippen LogP contribution in [0.4, 0.5) is 0 Å². The first kappa shape index (κ1) is 17.0. The number of aromatic nitrogens is 3. The first-order chi connectivity index (χ1) is 12.8. The van der Waals surface area contributed by atoms with Crippen LogP contribution < -0.4 is 4.90 Å². The lowest BCUT2D eigenvalue weighted by atomic mass is 10.00. The van der Waals surface area contributed by atoms with Gasteiger partial charge in [0.1, 0.15) is 0 Å². The second-order valence-corrected chi connectivity index (χ2v) is 6.90. The Balaban J connectivity index is 1.52. The van der Waals surface area contributed by atoms with E-state index in [9.17, 15) is 0 Å². The Bertz CT molecular complexity index is 954. The molecule has 1 aliphatic rings. The van der Waals surface area contributed by atoms with Gasteiger partial charge in [0.15, 0.2) is 18.3 Å². The Labute approximate surface area is 158 Å². The third-order valence-corrected chi connectivity index (χ3v) is 5.31. The molecule has 6 heteroatoms. The topological polar surface area (TPSA) is 40.3 Å². The third kappa shape index (κ3) is 3.30. The van der Waals surface area contributed by atoms with Crippen molar-refractivity contribution in [2.45, 2.75) is 26.6 Å². The van der Waals surface area contributed by atoms with Gasteiger partial charge in [0.2, 0.25) is 4.77 Å². The number of hydrogen-bond acceptors (Lipinski definition) is 3. The molecule has 0 fully saturated rings. The standard InChI is InChI=1S/C20H22N4OS/c1-2-23-19(18-9-6-14-25-18)21-24(20(23)26)15-22-12-10-17(11-13-22)16-7-4-3-5-8-16/h3-10,14H,2,11-13,15H2,1H3/p+1. The van der Waals surface area contributed by atoms with Crippen LogP contribution >= 0.6 is 12.2 Å². The molecule has 1 N–H and O–H groups in total. The zero-order valence-corrected chi connectivity index (χ0v) is 15.7. The molecular formula is C20H23N4OS+. The predicted molar refractivity (Wildman–Crippen MR) is 104 cm³/mol. The van der Waals surface area contributed by atoms with Crippen LogP contribution in [0.3, 0.4) is 0 Å². The summed E-state index contributed by atoms with van der Waals surface area (Å²) in [5, 5.41) is 4.73. The van der Waals surface area contributed by atoms with E-state index in [-0.39, 0.29) is 0 Å². The van der Waals surface area contributed by atoms with Crippen LogP contribution in [0.5, 0.6) is 0 Å². The molecule has 1 aromatic carbocycles. The Morgan fingerprint density at radius 3 is 2.69 bits per heavy atom. The van der Waals surface area contributed by atoms with Crippen molar-refractivity contribution in [3.63, 3.8) is 0 Å². The van der Waals surface area contributed by atoms with Gasteiger partial charge in [-0.1, -0.05) is 30.3 Å². The van der Waals surface area contributed by atoms with Gasteiger partial charge in [-0.3, -0.25) is 4.57 Å². The summed E-state index contributed by atoms with van der Waals surface area (Å²) in [5.41, 5.74) is 2.77. The van der Waals surface area contributed by atoms with E-state index < -0.39 is 0 Å². The summed E-state index contributed by atoms with van der Waals surface area (Å²) >= 11 is 5.65. The number of nitrogens with zero attached hydrogens (tertiary/aromatic N) is 3. The van der Waals surface area contributed by atoms with Crippen molar-refractivity contribution in [1.29, 1.82) is 0 Å². The van der Waals surface area contributed by atoms with Gasteiger partial charge in [-0.05, 0) is 48.5 Å². The highest BCUT2D eigenvalue weighted by Gasteiger charge is 2.20. The molecule has 0 radical (unpaired) electrons. The molecule has 1 unspecified atom stereocenters. The lowest BCUT2D eigenvalue weighted by Gasteiger charge is -2.23. The van der Waals surface area contributed by atoms with Crippen molar-refractivity contribution in [2.24, 2.45) is 0 Å². The van der Waals surface area contributed by atoms with Gasteiger partial charge < -0.3 is 9.32 Å². The number of benzene rings is 1. The molecule has 5 nitrogen and oxygen atoms in total. The summed E-state index contributed by atoms with van der Waals surface area (Å²) in [6, 6.07) is 14.4. The minimum absolute atomic E-state index is 0.754. The van der Waals surface area contributed by atoms with Gasteiger partial charge in [-0.2, -0.15) is 4.68 Å². The van der Waals surface area contributed by atoms with Crippen molar-refractivity contribution in [3.8, 4) is 11.6 Å². The normalized spacial score (nSPS) is 17.3. The van der Waals surface area contributed by atoms with Gasteiger partial charge >= 0.3 is 0 Å². The predicted octanol–water partition coefficient (Wildman–Crippen LogP) is 3.02. The van der Waals surface area contributed by atoms with Crippen molar-refractivity contribution >= 4 is 17.8 Å². The maximum Gasteiger partial charge on any atom is 0.203 e. The van der Waals surface area contributed by atoms with E-state index in [0.717, 1.165) is 49.1 Å². The highest BCUT2D eigenvalue weighted by Crippen LogP contribution is 2.19. The van der Waals surface area contributed by atoms with Crippen LogP contribution in [0.2, 0.25) is 0 Å². The summed E-state index contributed by atoms with van der Waals surface area (Å²) in [7, 11) is 0. The highest BCUT2D eigenvalue weighted by molar-refractivity contribution is 7.71. The number of furan rings is 1. The zero-order chi connectivity index (χ0) is 17.9. The maximum atomic E-state index is 5.65. The molecular weight excluding hydrogens is 344 g/mol. The highest BCUT2D eigenvalue weighted by atomic mass is 32.1. The SMILES string of the molecule is CCn1c(-c2ccco2)nn(C[NH+]2CC=C(c3ccccc3)CC2)c1=S. The molecule has 1 atom stereocenters. The quantitative estimate of drug-likeness (QED) is 0.705. The van der Waals surface area contributed by atoms with Crippen molar-refractivity contribution in [1.82, 2.24) is 14.3 Å². The van der Waals surface area contributed by atoms with E-state index in [1.54, 1.807) is 6.26 Å². The molecule has 3 aromatic rings. The molecule has 1 aliphatic heterocycles. The van der Waals surface area contributed by atoms with Gasteiger partial charge in [0.05, 0.1) is 19.4 Å². The molecule has 0 amide bonds. The molecule has 3 heterocycles. The first-order valence-electron chi connectivity index (χ1n) is 9.06. The lowest BCUT2D eigenvalue weighted by molar-refractivity contribution is -0.918. The van der Waals surface area contributed by atoms with E-state index in [0.29, 0.717) is 0 Å². The van der Waals surface area contributed by atoms with Gasteiger partial charge in [0.25, 0.3) is 0 Å². The van der Waals surface area contributed by atoms with Crippen LogP contribution in [-0.2, 0) is 13.2 Å². The van der Waals surface area contributed by atoms with Crippen LogP contribution in [0, 0.1) is 4.77 Å². The maximum absolute atomic E-state index is 5.65. The smallest absolute Gasteiger partial charge is 0.203 e. The fourth-order valence-electron chi connectivity index (χ4n) is 3.47. The van der Waals surface area contributed by atoms with Crippen LogP contribution in [0.25, 0.3) is 17.2 Å². The number of hydrogen-bond donors (Lipinski definition) is 1. The summed E-state index contributed by atoms with van der Waals surface area (Å²) < 4.78 is 10.2. The minimum atomic E-state index is 0.754. The average Bonchev–Trinajstić information content (AvgIpc) is 3.32. The van der Waals surface area contributed by atoms with E-state index in [2.05, 4.69) is 43.3 Å². The number of nitrogens with one attached hydrogen (secondary N) is 1. The average molecular weight is 367 g/mol. The number of rotatable bonds is 5. The fourth-order valence-corrected chi connectivity index (χ4v) is 3.79. The second-order valence-electron chi connectivity index (χ2n) is 6.53. The van der Waals surface area contributed by atoms with Crippen LogP contribution in [-0.4, -0.2) is 27.4 Å².